The lowest BCUT2D eigenvalue weighted by molar-refractivity contribution is 0.417. The van der Waals surface area contributed by atoms with Crippen LogP contribution in [0.1, 0.15) is 56.1 Å². The normalized spacial score (nSPS) is 16.8. The summed E-state index contributed by atoms with van der Waals surface area (Å²) in [6.45, 7) is 4.18. The van der Waals surface area contributed by atoms with E-state index in [-0.39, 0.29) is 0 Å². The molecule has 2 heteroatoms. The average molecular weight is 225 g/mol. The molecule has 0 heterocycles. The lowest BCUT2D eigenvalue weighted by Crippen LogP contribution is -2.10. The first kappa shape index (κ1) is 10.8. The highest BCUT2D eigenvalue weighted by Crippen LogP contribution is 2.42. The van der Waals surface area contributed by atoms with Crippen LogP contribution in [0.25, 0.3) is 0 Å². The number of aromatic hydroxyl groups is 1. The molecule has 0 spiro atoms. The van der Waals surface area contributed by atoms with Crippen LogP contribution in [0, 0.1) is 0 Å². The molecule has 15 heavy (non-hydrogen) atoms. The molecule has 0 saturated heterocycles. The van der Waals surface area contributed by atoms with Gasteiger partial charge >= 0.3 is 0 Å². The Morgan fingerprint density at radius 2 is 2.00 bits per heavy atom. The fourth-order valence-electron chi connectivity index (χ4n) is 2.09. The van der Waals surface area contributed by atoms with Crippen LogP contribution in [0.5, 0.6) is 5.75 Å². The molecule has 1 aromatic rings. The molecule has 1 aliphatic rings. The van der Waals surface area contributed by atoms with Crippen molar-refractivity contribution < 1.29 is 5.11 Å². The van der Waals surface area contributed by atoms with E-state index in [1.165, 1.54) is 24.8 Å². The highest BCUT2D eigenvalue weighted by atomic mass is 35.5. The Bertz CT molecular complexity index is 367. The Hall–Kier alpha value is -0.690. The van der Waals surface area contributed by atoms with Gasteiger partial charge in [0, 0.05) is 5.02 Å². The van der Waals surface area contributed by atoms with Crippen LogP contribution in [-0.4, -0.2) is 5.11 Å². The lowest BCUT2D eigenvalue weighted by atomic mass is 9.79. The van der Waals surface area contributed by atoms with Gasteiger partial charge in [-0.2, -0.15) is 0 Å². The van der Waals surface area contributed by atoms with E-state index in [4.69, 9.17) is 11.6 Å². The molecular weight excluding hydrogens is 208 g/mol. The molecule has 1 aromatic carbocycles. The molecule has 1 fully saturated rings. The van der Waals surface area contributed by atoms with Gasteiger partial charge in [-0.25, -0.2) is 0 Å². The maximum absolute atomic E-state index is 9.77. The summed E-state index contributed by atoms with van der Waals surface area (Å²) in [4.78, 5) is 0. The molecule has 2 rings (SSSR count). The van der Waals surface area contributed by atoms with Crippen LogP contribution < -0.4 is 0 Å². The smallest absolute Gasteiger partial charge is 0.120 e. The zero-order chi connectivity index (χ0) is 11.0. The van der Waals surface area contributed by atoms with Gasteiger partial charge < -0.3 is 5.11 Å². The van der Waals surface area contributed by atoms with Gasteiger partial charge in [-0.3, -0.25) is 0 Å². The van der Waals surface area contributed by atoms with Crippen LogP contribution in [0.4, 0.5) is 0 Å². The molecule has 82 valence electrons. The van der Waals surface area contributed by atoms with Crippen LogP contribution in [0.2, 0.25) is 5.02 Å². The predicted octanol–water partition coefficient (Wildman–Crippen LogP) is 4.44. The second kappa shape index (κ2) is 4.05. The minimum atomic E-state index is 0.332. The van der Waals surface area contributed by atoms with Crippen LogP contribution in [0.3, 0.4) is 0 Å². The van der Waals surface area contributed by atoms with E-state index in [1.807, 2.05) is 0 Å². The van der Waals surface area contributed by atoms with Crippen molar-refractivity contribution >= 4 is 11.6 Å². The minimum absolute atomic E-state index is 0.332. The first-order chi connectivity index (χ1) is 7.09. The molecule has 0 atom stereocenters. The van der Waals surface area contributed by atoms with Gasteiger partial charge in [0.25, 0.3) is 0 Å². The third-order valence-corrected chi connectivity index (χ3v) is 3.64. The van der Waals surface area contributed by atoms with Gasteiger partial charge in [0.05, 0.1) is 0 Å². The van der Waals surface area contributed by atoms with Crippen molar-refractivity contribution in [2.24, 2.45) is 0 Å². The average Bonchev–Trinajstić information content (AvgIpc) is 2.05. The van der Waals surface area contributed by atoms with Gasteiger partial charge in [0.15, 0.2) is 0 Å². The number of benzene rings is 1. The second-order valence-electron chi connectivity index (χ2n) is 4.72. The molecule has 1 saturated carbocycles. The first-order valence-corrected chi connectivity index (χ1v) is 5.99. The summed E-state index contributed by atoms with van der Waals surface area (Å²) in [6.07, 6.45) is 3.78. The molecular formula is C13H17ClO. The highest BCUT2D eigenvalue weighted by Gasteiger charge is 2.23. The Labute approximate surface area is 96.1 Å². The van der Waals surface area contributed by atoms with E-state index in [9.17, 15) is 5.11 Å². The second-order valence-corrected chi connectivity index (χ2v) is 5.12. The van der Waals surface area contributed by atoms with Crippen molar-refractivity contribution in [1.29, 1.82) is 0 Å². The molecule has 0 amide bonds. The van der Waals surface area contributed by atoms with Gasteiger partial charge in [-0.05, 0) is 41.9 Å². The highest BCUT2D eigenvalue weighted by molar-refractivity contribution is 6.31. The minimum Gasteiger partial charge on any atom is -0.508 e. The standard InChI is InChI=1S/C13H17ClO/c1-8(2)10-6-11(9-4-3-5-9)12(14)7-13(10)15/h6-9,15H,3-5H2,1-2H3. The molecule has 1 nitrogen and oxygen atoms in total. The van der Waals surface area contributed by atoms with Gasteiger partial charge in [0.2, 0.25) is 0 Å². The zero-order valence-corrected chi connectivity index (χ0v) is 10.0. The summed E-state index contributed by atoms with van der Waals surface area (Å²) >= 11 is 6.15. The fourth-order valence-corrected chi connectivity index (χ4v) is 2.40. The van der Waals surface area contributed by atoms with E-state index >= 15 is 0 Å². The monoisotopic (exact) mass is 224 g/mol. The summed E-state index contributed by atoms with van der Waals surface area (Å²) in [5.41, 5.74) is 2.24. The molecule has 0 unspecified atom stereocenters. The van der Waals surface area contributed by atoms with E-state index in [1.54, 1.807) is 6.07 Å². The van der Waals surface area contributed by atoms with Crippen LogP contribution >= 0.6 is 11.6 Å². The maximum Gasteiger partial charge on any atom is 0.120 e. The molecule has 1 N–H and O–H groups in total. The molecule has 0 aliphatic heterocycles. The van der Waals surface area contributed by atoms with Crippen molar-refractivity contribution in [2.75, 3.05) is 0 Å². The van der Waals surface area contributed by atoms with Crippen molar-refractivity contribution in [1.82, 2.24) is 0 Å². The van der Waals surface area contributed by atoms with Crippen molar-refractivity contribution in [3.63, 3.8) is 0 Å². The Morgan fingerprint density at radius 1 is 1.33 bits per heavy atom. The molecule has 0 bridgehead atoms. The van der Waals surface area contributed by atoms with Crippen LogP contribution in [0.15, 0.2) is 12.1 Å². The summed E-state index contributed by atoms with van der Waals surface area (Å²) < 4.78 is 0. The van der Waals surface area contributed by atoms with Crippen molar-refractivity contribution in [2.45, 2.75) is 44.9 Å². The van der Waals surface area contributed by atoms with E-state index in [2.05, 4.69) is 19.9 Å². The Morgan fingerprint density at radius 3 is 2.47 bits per heavy atom. The lowest BCUT2D eigenvalue weighted by Gasteiger charge is -2.27. The number of phenolic OH excluding ortho intramolecular Hbond substituents is 1. The van der Waals surface area contributed by atoms with E-state index in [0.717, 1.165) is 10.6 Å². The van der Waals surface area contributed by atoms with E-state index in [0.29, 0.717) is 17.6 Å². The zero-order valence-electron chi connectivity index (χ0n) is 9.26. The summed E-state index contributed by atoms with van der Waals surface area (Å²) in [5.74, 6) is 1.30. The number of halogens is 1. The van der Waals surface area contributed by atoms with E-state index < -0.39 is 0 Å². The summed E-state index contributed by atoms with van der Waals surface area (Å²) in [5, 5.41) is 10.5. The number of hydrogen-bond acceptors (Lipinski definition) is 1. The SMILES string of the molecule is CC(C)c1cc(C2CCC2)c(Cl)cc1O. The van der Waals surface area contributed by atoms with Gasteiger partial charge in [-0.1, -0.05) is 37.9 Å². The topological polar surface area (TPSA) is 20.2 Å². The Kier molecular flexibility index (Phi) is 2.92. The molecule has 1 aliphatic carbocycles. The van der Waals surface area contributed by atoms with Crippen molar-refractivity contribution in [3.05, 3.63) is 28.3 Å². The third kappa shape index (κ3) is 1.98. The van der Waals surface area contributed by atoms with Gasteiger partial charge in [0.1, 0.15) is 5.75 Å². The molecule has 0 aromatic heterocycles. The van der Waals surface area contributed by atoms with Crippen molar-refractivity contribution in [3.8, 4) is 5.75 Å². The first-order valence-electron chi connectivity index (χ1n) is 5.62. The number of phenols is 1. The quantitative estimate of drug-likeness (QED) is 0.788. The Balaban J connectivity index is 2.41. The number of rotatable bonds is 2. The van der Waals surface area contributed by atoms with Gasteiger partial charge in [-0.15, -0.1) is 0 Å². The summed E-state index contributed by atoms with van der Waals surface area (Å²) in [6, 6.07) is 3.79. The number of hydrogen-bond donors (Lipinski definition) is 1. The summed E-state index contributed by atoms with van der Waals surface area (Å²) in [7, 11) is 0. The van der Waals surface area contributed by atoms with Crippen LogP contribution in [-0.2, 0) is 0 Å². The third-order valence-electron chi connectivity index (χ3n) is 3.31. The molecule has 0 radical (unpaired) electrons. The maximum atomic E-state index is 9.77. The largest absolute Gasteiger partial charge is 0.508 e. The fraction of sp³-hybridized carbons (Fsp3) is 0.538. The predicted molar refractivity (Wildman–Crippen MR) is 63.8 cm³/mol.